The van der Waals surface area contributed by atoms with Crippen molar-refractivity contribution in [2.75, 3.05) is 0 Å². The maximum Gasteiger partial charge on any atom is 0.254 e. The molecule has 1 saturated carbocycles. The number of rotatable bonds is 4. The topological polar surface area (TPSA) is 67.8 Å². The number of aryl methyl sites for hydroxylation is 2. The standard InChI is InChI=1S/C16H20N4OS2/c1-10-9-22-16(19-10)23-14-5-3-13(4-6-14)20-15(21)12-7-17-11(2)18-8-12/h7-9,13-14H,3-6H2,1-2H3,(H,20,21). The number of thiazole rings is 1. The molecule has 2 aromatic rings. The van der Waals surface area contributed by atoms with Crippen LogP contribution in [0.2, 0.25) is 0 Å². The molecular formula is C16H20N4OS2. The monoisotopic (exact) mass is 348 g/mol. The first-order valence-corrected chi connectivity index (χ1v) is 9.54. The van der Waals surface area contributed by atoms with Crippen molar-refractivity contribution in [1.29, 1.82) is 0 Å². The van der Waals surface area contributed by atoms with Crippen molar-refractivity contribution in [2.24, 2.45) is 0 Å². The van der Waals surface area contributed by atoms with Crippen molar-refractivity contribution in [3.8, 4) is 0 Å². The molecule has 122 valence electrons. The zero-order valence-electron chi connectivity index (χ0n) is 13.3. The van der Waals surface area contributed by atoms with Crippen molar-refractivity contribution >= 4 is 29.0 Å². The molecule has 2 heterocycles. The van der Waals surface area contributed by atoms with Crippen LogP contribution in [0, 0.1) is 13.8 Å². The van der Waals surface area contributed by atoms with Gasteiger partial charge in [-0.25, -0.2) is 15.0 Å². The first-order chi connectivity index (χ1) is 11.1. The number of aromatic nitrogens is 3. The molecule has 1 aliphatic carbocycles. The Kier molecular flexibility index (Phi) is 5.27. The van der Waals surface area contributed by atoms with Crippen LogP contribution in [0.15, 0.2) is 22.1 Å². The highest BCUT2D eigenvalue weighted by molar-refractivity contribution is 8.01. The van der Waals surface area contributed by atoms with Gasteiger partial charge in [-0.15, -0.1) is 11.3 Å². The molecule has 1 N–H and O–H groups in total. The van der Waals surface area contributed by atoms with Gasteiger partial charge in [-0.3, -0.25) is 4.79 Å². The fourth-order valence-electron chi connectivity index (χ4n) is 2.63. The quantitative estimate of drug-likeness (QED) is 0.917. The smallest absolute Gasteiger partial charge is 0.254 e. The van der Waals surface area contributed by atoms with E-state index in [1.165, 1.54) is 0 Å². The Morgan fingerprint density at radius 3 is 2.52 bits per heavy atom. The van der Waals surface area contributed by atoms with E-state index >= 15 is 0 Å². The molecule has 1 amide bonds. The van der Waals surface area contributed by atoms with Gasteiger partial charge in [0.05, 0.1) is 5.56 Å². The van der Waals surface area contributed by atoms with Crippen LogP contribution in [-0.4, -0.2) is 32.2 Å². The Hall–Kier alpha value is -1.47. The van der Waals surface area contributed by atoms with Crippen LogP contribution in [-0.2, 0) is 0 Å². The summed E-state index contributed by atoms with van der Waals surface area (Å²) in [6, 6.07) is 0.249. The molecule has 0 radical (unpaired) electrons. The molecule has 0 aromatic carbocycles. The lowest BCUT2D eigenvalue weighted by Gasteiger charge is -2.28. The van der Waals surface area contributed by atoms with E-state index in [-0.39, 0.29) is 11.9 Å². The summed E-state index contributed by atoms with van der Waals surface area (Å²) in [6.45, 7) is 3.84. The third kappa shape index (κ3) is 4.51. The summed E-state index contributed by atoms with van der Waals surface area (Å²) in [5.41, 5.74) is 1.63. The lowest BCUT2D eigenvalue weighted by atomic mass is 9.95. The van der Waals surface area contributed by atoms with E-state index < -0.39 is 0 Å². The predicted octanol–water partition coefficient (Wildman–Crippen LogP) is 3.38. The molecule has 0 bridgehead atoms. The third-order valence-electron chi connectivity index (χ3n) is 3.92. The van der Waals surface area contributed by atoms with Gasteiger partial charge >= 0.3 is 0 Å². The van der Waals surface area contributed by atoms with Gasteiger partial charge in [0.2, 0.25) is 0 Å². The molecule has 0 unspecified atom stereocenters. The number of amides is 1. The normalized spacial score (nSPS) is 21.1. The summed E-state index contributed by atoms with van der Waals surface area (Å²) in [7, 11) is 0. The van der Waals surface area contributed by atoms with E-state index in [1.807, 2.05) is 25.6 Å². The Bertz CT molecular complexity index is 663. The molecule has 0 spiro atoms. The average Bonchev–Trinajstić information content (AvgIpc) is 2.95. The average molecular weight is 348 g/mol. The summed E-state index contributed by atoms with van der Waals surface area (Å²) in [6.07, 6.45) is 7.42. The third-order valence-corrected chi connectivity index (χ3v) is 6.34. The van der Waals surface area contributed by atoms with E-state index in [9.17, 15) is 4.79 Å². The van der Waals surface area contributed by atoms with Crippen LogP contribution in [0.3, 0.4) is 0 Å². The van der Waals surface area contributed by atoms with Crippen molar-refractivity contribution in [3.05, 3.63) is 34.9 Å². The summed E-state index contributed by atoms with van der Waals surface area (Å²) < 4.78 is 1.16. The van der Waals surface area contributed by atoms with E-state index in [2.05, 4.69) is 25.6 Å². The van der Waals surface area contributed by atoms with E-state index in [0.717, 1.165) is 35.7 Å². The summed E-state index contributed by atoms with van der Waals surface area (Å²) in [5, 5.41) is 5.80. The molecular weight excluding hydrogens is 328 g/mol. The van der Waals surface area contributed by atoms with Crippen LogP contribution in [0.4, 0.5) is 0 Å². The van der Waals surface area contributed by atoms with Gasteiger partial charge in [-0.2, -0.15) is 0 Å². The lowest BCUT2D eigenvalue weighted by molar-refractivity contribution is 0.0927. The maximum absolute atomic E-state index is 12.2. The van der Waals surface area contributed by atoms with Gasteiger partial charge in [0.25, 0.3) is 5.91 Å². The summed E-state index contributed by atoms with van der Waals surface area (Å²) >= 11 is 3.60. The van der Waals surface area contributed by atoms with Gasteiger partial charge in [0.1, 0.15) is 10.2 Å². The van der Waals surface area contributed by atoms with Crippen LogP contribution < -0.4 is 5.32 Å². The van der Waals surface area contributed by atoms with Gasteiger partial charge in [-0.05, 0) is 39.5 Å². The number of carbonyl (C=O) groups excluding carboxylic acids is 1. The highest BCUT2D eigenvalue weighted by Crippen LogP contribution is 2.35. The van der Waals surface area contributed by atoms with Crippen molar-refractivity contribution in [1.82, 2.24) is 20.3 Å². The minimum atomic E-state index is -0.0725. The Morgan fingerprint density at radius 1 is 1.22 bits per heavy atom. The van der Waals surface area contributed by atoms with Crippen LogP contribution in [0.5, 0.6) is 0 Å². The van der Waals surface area contributed by atoms with Crippen molar-refractivity contribution in [3.63, 3.8) is 0 Å². The van der Waals surface area contributed by atoms with E-state index in [0.29, 0.717) is 16.6 Å². The van der Waals surface area contributed by atoms with Crippen LogP contribution in [0.25, 0.3) is 0 Å². The number of hydrogen-bond acceptors (Lipinski definition) is 6. The van der Waals surface area contributed by atoms with Crippen LogP contribution in [0.1, 0.15) is 47.6 Å². The molecule has 0 atom stereocenters. The van der Waals surface area contributed by atoms with Gasteiger partial charge in [0, 0.05) is 34.8 Å². The molecule has 1 fully saturated rings. The number of nitrogens with one attached hydrogen (secondary N) is 1. The molecule has 2 aromatic heterocycles. The van der Waals surface area contributed by atoms with Gasteiger partial charge < -0.3 is 5.32 Å². The van der Waals surface area contributed by atoms with E-state index in [1.54, 1.807) is 23.7 Å². The Balaban J connectivity index is 1.47. The Morgan fingerprint density at radius 2 is 1.91 bits per heavy atom. The summed E-state index contributed by atoms with van der Waals surface area (Å²) in [4.78, 5) is 24.9. The van der Waals surface area contributed by atoms with E-state index in [4.69, 9.17) is 0 Å². The van der Waals surface area contributed by atoms with Crippen molar-refractivity contribution < 1.29 is 4.79 Å². The second-order valence-electron chi connectivity index (χ2n) is 5.84. The molecule has 23 heavy (non-hydrogen) atoms. The zero-order valence-corrected chi connectivity index (χ0v) is 14.9. The zero-order chi connectivity index (χ0) is 16.2. The highest BCUT2D eigenvalue weighted by atomic mass is 32.2. The first kappa shape index (κ1) is 16.4. The molecule has 5 nitrogen and oxygen atoms in total. The number of thioether (sulfide) groups is 1. The fourth-order valence-corrected chi connectivity index (χ4v) is 4.92. The van der Waals surface area contributed by atoms with Crippen molar-refractivity contribution in [2.45, 2.75) is 55.2 Å². The minimum absolute atomic E-state index is 0.0725. The van der Waals surface area contributed by atoms with Crippen LogP contribution >= 0.6 is 23.1 Å². The molecule has 3 rings (SSSR count). The first-order valence-electron chi connectivity index (χ1n) is 7.78. The molecule has 0 aliphatic heterocycles. The van der Waals surface area contributed by atoms with Gasteiger partial charge in [0.15, 0.2) is 0 Å². The van der Waals surface area contributed by atoms with Gasteiger partial charge in [-0.1, -0.05) is 11.8 Å². The number of hydrogen-bond donors (Lipinski definition) is 1. The Labute approximate surface area is 144 Å². The minimum Gasteiger partial charge on any atom is -0.349 e. The largest absolute Gasteiger partial charge is 0.349 e. The second kappa shape index (κ2) is 7.40. The molecule has 7 heteroatoms. The molecule has 1 aliphatic rings. The fraction of sp³-hybridized carbons (Fsp3) is 0.500. The number of nitrogens with zero attached hydrogens (tertiary/aromatic N) is 3. The summed E-state index contributed by atoms with van der Waals surface area (Å²) in [5.74, 6) is 0.605. The SMILES string of the molecule is Cc1csc(SC2CCC(NC(=O)c3cnc(C)nc3)CC2)n1. The maximum atomic E-state index is 12.2. The molecule has 0 saturated heterocycles. The second-order valence-corrected chi connectivity index (χ2v) is 8.24. The number of carbonyl (C=O) groups is 1. The lowest BCUT2D eigenvalue weighted by Crippen LogP contribution is -2.38. The highest BCUT2D eigenvalue weighted by Gasteiger charge is 2.24. The predicted molar refractivity (Wildman–Crippen MR) is 93.0 cm³/mol.